The molecule has 0 saturated carbocycles. The summed E-state index contributed by atoms with van der Waals surface area (Å²) >= 11 is 5.52. The van der Waals surface area contributed by atoms with Crippen molar-refractivity contribution in [1.82, 2.24) is 25.1 Å². The Balaban J connectivity index is 1.65. The second-order valence-corrected chi connectivity index (χ2v) is 10.8. The second kappa shape index (κ2) is 12.9. The monoisotopic (exact) mass is 550 g/mol. The van der Waals surface area contributed by atoms with E-state index in [2.05, 4.69) is 32.4 Å². The molecule has 1 unspecified atom stereocenters. The molecule has 0 radical (unpaired) electrons. The van der Waals surface area contributed by atoms with Gasteiger partial charge < -0.3 is 20.4 Å². The predicted octanol–water partition coefficient (Wildman–Crippen LogP) is 3.76. The number of carbonyl (C=O) groups excluding carboxylic acids is 1. The van der Waals surface area contributed by atoms with Gasteiger partial charge in [0.05, 0.1) is 11.0 Å². The van der Waals surface area contributed by atoms with Crippen molar-refractivity contribution in [3.8, 4) is 0 Å². The summed E-state index contributed by atoms with van der Waals surface area (Å²) in [5.74, 6) is 1.21. The number of anilines is 1. The fourth-order valence-electron chi connectivity index (χ4n) is 4.56. The van der Waals surface area contributed by atoms with Gasteiger partial charge in [0.1, 0.15) is 11.6 Å². The van der Waals surface area contributed by atoms with Gasteiger partial charge in [0.25, 0.3) is 0 Å². The number of hydrogen-bond donors (Lipinski definition) is 2. The van der Waals surface area contributed by atoms with Crippen molar-refractivity contribution in [3.63, 3.8) is 0 Å². The number of likely N-dealkylation sites (N-methyl/N-ethyl adjacent to an activating group) is 1. The molecule has 2 heterocycles. The van der Waals surface area contributed by atoms with Crippen molar-refractivity contribution < 1.29 is 18.0 Å². The van der Waals surface area contributed by atoms with Crippen LogP contribution in [0.3, 0.4) is 0 Å². The third kappa shape index (κ3) is 8.44. The number of halogens is 3. The van der Waals surface area contributed by atoms with Crippen molar-refractivity contribution in [3.05, 3.63) is 53.0 Å². The summed E-state index contributed by atoms with van der Waals surface area (Å²) in [7, 11) is 3.95. The van der Waals surface area contributed by atoms with E-state index in [-0.39, 0.29) is 5.91 Å². The highest BCUT2D eigenvalue weighted by molar-refractivity contribution is 7.80. The summed E-state index contributed by atoms with van der Waals surface area (Å²) in [5.41, 5.74) is 0.233. The van der Waals surface area contributed by atoms with E-state index in [1.54, 1.807) is 0 Å². The number of nitrogens with one attached hydrogen (secondary N) is 2. The molecule has 38 heavy (non-hydrogen) atoms. The molecule has 0 spiro atoms. The minimum Gasteiger partial charge on any atom is -0.369 e. The van der Waals surface area contributed by atoms with Crippen molar-refractivity contribution in [2.45, 2.75) is 39.3 Å². The molecule has 7 nitrogen and oxygen atoms in total. The van der Waals surface area contributed by atoms with Crippen LogP contribution in [0.2, 0.25) is 0 Å². The molecule has 1 aromatic heterocycles. The number of alkyl halides is 3. The highest BCUT2D eigenvalue weighted by atomic mass is 32.1. The normalized spacial score (nSPS) is 18.1. The molecule has 1 atom stereocenters. The van der Waals surface area contributed by atoms with Crippen LogP contribution in [-0.4, -0.2) is 83.9 Å². The fourth-order valence-corrected chi connectivity index (χ4v) is 4.85. The van der Waals surface area contributed by atoms with Crippen molar-refractivity contribution >= 4 is 28.8 Å². The average molecular weight is 551 g/mol. The SMILES string of the molecule is CCN1CCC(CNc2cc(C)nc(CC(=S)Cc3ccc(C(F)(F)F)cc3)n2)(C(=O)NCCN(C)C)C1. The lowest BCUT2D eigenvalue weighted by molar-refractivity contribution is -0.137. The van der Waals surface area contributed by atoms with E-state index in [4.69, 9.17) is 12.2 Å². The molecular formula is C27H37F3N6OS. The number of aromatic nitrogens is 2. The van der Waals surface area contributed by atoms with Gasteiger partial charge in [0, 0.05) is 55.6 Å². The molecule has 11 heteroatoms. The van der Waals surface area contributed by atoms with Gasteiger partial charge in [-0.3, -0.25) is 4.79 Å². The van der Waals surface area contributed by atoms with Crippen molar-refractivity contribution in [1.29, 1.82) is 0 Å². The molecule has 1 aliphatic heterocycles. The molecule has 1 aromatic carbocycles. The smallest absolute Gasteiger partial charge is 0.369 e. The number of hydrogen-bond acceptors (Lipinski definition) is 7. The Kier molecular flexibility index (Phi) is 10.2. The fraction of sp³-hybridized carbons (Fsp3) is 0.556. The maximum absolute atomic E-state index is 13.3. The van der Waals surface area contributed by atoms with E-state index in [0.717, 1.165) is 43.9 Å². The number of benzene rings is 1. The molecule has 2 N–H and O–H groups in total. The third-order valence-corrected chi connectivity index (χ3v) is 7.04. The highest BCUT2D eigenvalue weighted by Crippen LogP contribution is 2.31. The molecule has 208 valence electrons. The lowest BCUT2D eigenvalue weighted by Gasteiger charge is -2.29. The zero-order chi connectivity index (χ0) is 27.9. The Morgan fingerprint density at radius 3 is 2.50 bits per heavy atom. The van der Waals surface area contributed by atoms with E-state index < -0.39 is 17.2 Å². The van der Waals surface area contributed by atoms with E-state index in [1.165, 1.54) is 12.1 Å². The van der Waals surface area contributed by atoms with E-state index >= 15 is 0 Å². The zero-order valence-corrected chi connectivity index (χ0v) is 23.3. The number of rotatable bonds is 12. The number of aryl methyl sites for hydroxylation is 1. The molecule has 0 aliphatic carbocycles. The van der Waals surface area contributed by atoms with Gasteiger partial charge in [-0.1, -0.05) is 31.3 Å². The molecule has 3 rings (SSSR count). The lowest BCUT2D eigenvalue weighted by Crippen LogP contribution is -2.48. The van der Waals surface area contributed by atoms with Crippen LogP contribution < -0.4 is 10.6 Å². The number of carbonyl (C=O) groups is 1. The van der Waals surface area contributed by atoms with Crippen LogP contribution in [0.25, 0.3) is 0 Å². The maximum atomic E-state index is 13.3. The maximum Gasteiger partial charge on any atom is 0.416 e. The molecule has 2 aromatic rings. The zero-order valence-electron chi connectivity index (χ0n) is 22.5. The molecule has 1 fully saturated rings. The Morgan fingerprint density at radius 2 is 1.89 bits per heavy atom. The quantitative estimate of drug-likeness (QED) is 0.390. The lowest BCUT2D eigenvalue weighted by atomic mass is 9.85. The first-order valence-electron chi connectivity index (χ1n) is 12.8. The van der Waals surface area contributed by atoms with Crippen molar-refractivity contribution in [2.24, 2.45) is 5.41 Å². The minimum atomic E-state index is -4.36. The number of likely N-dealkylation sites (tertiary alicyclic amines) is 1. The standard InChI is InChI=1S/C27H37F3N6OS/c1-5-36-12-10-26(18-36,25(37)31-11-13-35(3)4)17-32-23-14-19(2)33-24(34-23)16-22(38)15-20-6-8-21(9-7-20)27(28,29)30/h6-9,14H,5,10-13,15-18H2,1-4H3,(H,31,37)(H,32,33,34). The van der Waals surface area contributed by atoms with Gasteiger partial charge in [0.15, 0.2) is 0 Å². The molecule has 1 saturated heterocycles. The van der Waals surface area contributed by atoms with Crippen molar-refractivity contribution in [2.75, 3.05) is 58.7 Å². The summed E-state index contributed by atoms with van der Waals surface area (Å²) in [6.45, 7) is 8.21. The number of nitrogens with zero attached hydrogens (tertiary/aromatic N) is 4. The first-order chi connectivity index (χ1) is 17.9. The Labute approximate surface area is 228 Å². The topological polar surface area (TPSA) is 73.4 Å². The Morgan fingerprint density at radius 1 is 1.18 bits per heavy atom. The Hall–Kier alpha value is -2.63. The molecule has 1 aliphatic rings. The first-order valence-corrected chi connectivity index (χ1v) is 13.2. The summed E-state index contributed by atoms with van der Waals surface area (Å²) in [6.07, 6.45) is -2.92. The van der Waals surface area contributed by atoms with Gasteiger partial charge in [0.2, 0.25) is 5.91 Å². The van der Waals surface area contributed by atoms with E-state index in [0.29, 0.717) is 54.5 Å². The Bertz CT molecular complexity index is 1110. The molecule has 0 bridgehead atoms. The van der Waals surface area contributed by atoms with Crippen LogP contribution in [0.5, 0.6) is 0 Å². The molecular weight excluding hydrogens is 513 g/mol. The summed E-state index contributed by atoms with van der Waals surface area (Å²) in [6, 6.07) is 6.87. The number of thiocarbonyl (C=S) groups is 1. The largest absolute Gasteiger partial charge is 0.416 e. The second-order valence-electron chi connectivity index (χ2n) is 10.2. The van der Waals surface area contributed by atoms with Crippen LogP contribution in [0.1, 0.15) is 36.0 Å². The first kappa shape index (κ1) is 29.9. The predicted molar refractivity (Wildman–Crippen MR) is 147 cm³/mol. The third-order valence-electron chi connectivity index (χ3n) is 6.75. The minimum absolute atomic E-state index is 0.0477. The van der Waals surface area contributed by atoms with E-state index in [9.17, 15) is 18.0 Å². The number of amides is 1. The van der Waals surface area contributed by atoms with Gasteiger partial charge in [-0.2, -0.15) is 13.2 Å². The van der Waals surface area contributed by atoms with E-state index in [1.807, 2.05) is 32.0 Å². The van der Waals surface area contributed by atoms with Crippen LogP contribution in [0.4, 0.5) is 19.0 Å². The van der Waals surface area contributed by atoms with Crippen LogP contribution >= 0.6 is 12.2 Å². The van der Waals surface area contributed by atoms with Gasteiger partial charge >= 0.3 is 6.18 Å². The summed E-state index contributed by atoms with van der Waals surface area (Å²) in [4.78, 5) is 27.3. The van der Waals surface area contributed by atoms with Crippen LogP contribution in [0, 0.1) is 12.3 Å². The van der Waals surface area contributed by atoms with Gasteiger partial charge in [-0.05, 0) is 58.2 Å². The summed E-state index contributed by atoms with van der Waals surface area (Å²) < 4.78 is 38.5. The van der Waals surface area contributed by atoms with Gasteiger partial charge in [-0.15, -0.1) is 0 Å². The van der Waals surface area contributed by atoms with Gasteiger partial charge in [-0.25, -0.2) is 9.97 Å². The highest BCUT2D eigenvalue weighted by Gasteiger charge is 2.44. The van der Waals surface area contributed by atoms with Crippen LogP contribution in [-0.2, 0) is 23.8 Å². The van der Waals surface area contributed by atoms with Crippen LogP contribution in [0.15, 0.2) is 30.3 Å². The molecule has 1 amide bonds. The summed E-state index contributed by atoms with van der Waals surface area (Å²) in [5, 5.41) is 6.48. The average Bonchev–Trinajstić information content (AvgIpc) is 3.27.